The van der Waals surface area contributed by atoms with E-state index in [1.807, 2.05) is 6.07 Å². The van der Waals surface area contributed by atoms with Crippen molar-refractivity contribution in [2.45, 2.75) is 32.6 Å². The van der Waals surface area contributed by atoms with Gasteiger partial charge in [-0.25, -0.2) is 4.73 Å². The first-order valence-electron chi connectivity index (χ1n) is 5.80. The van der Waals surface area contributed by atoms with Crippen LogP contribution in [0.15, 0.2) is 6.07 Å². The summed E-state index contributed by atoms with van der Waals surface area (Å²) in [6, 6.07) is 1.81. The van der Waals surface area contributed by atoms with Crippen molar-refractivity contribution in [2.24, 2.45) is 0 Å². The Balaban J connectivity index is 2.25. The Morgan fingerprint density at radius 1 is 1.31 bits per heavy atom. The summed E-state index contributed by atoms with van der Waals surface area (Å²) in [6.45, 7) is 3.77. The van der Waals surface area contributed by atoms with Crippen LogP contribution in [0.25, 0.3) is 0 Å². The van der Waals surface area contributed by atoms with Crippen molar-refractivity contribution in [1.29, 1.82) is 0 Å². The Kier molecular flexibility index (Phi) is 3.12. The first-order chi connectivity index (χ1) is 7.68. The molecule has 16 heavy (non-hydrogen) atoms. The van der Waals surface area contributed by atoms with Gasteiger partial charge in [0.25, 0.3) is 0 Å². The van der Waals surface area contributed by atoms with E-state index in [-0.39, 0.29) is 5.95 Å². The Morgan fingerprint density at radius 3 is 2.50 bits per heavy atom. The molecule has 1 aromatic rings. The van der Waals surface area contributed by atoms with E-state index in [2.05, 4.69) is 9.88 Å². The van der Waals surface area contributed by atoms with E-state index in [9.17, 15) is 5.21 Å². The Hall–Kier alpha value is -1.52. The zero-order chi connectivity index (χ0) is 11.5. The zero-order valence-electron chi connectivity index (χ0n) is 9.65. The molecule has 0 unspecified atom stereocenters. The van der Waals surface area contributed by atoms with Crippen LogP contribution in [0.2, 0.25) is 0 Å². The lowest BCUT2D eigenvalue weighted by Crippen LogP contribution is -2.37. The SMILES string of the molecule is Cc1cc(N2CCCCCC2)nc(N)[n+]1[O-]. The molecule has 0 aromatic carbocycles. The molecule has 88 valence electrons. The number of hydrogen-bond acceptors (Lipinski definition) is 4. The molecule has 1 saturated heterocycles. The maximum Gasteiger partial charge on any atom is 0.392 e. The van der Waals surface area contributed by atoms with Gasteiger partial charge in [-0.2, -0.15) is 0 Å². The fourth-order valence-electron chi connectivity index (χ4n) is 2.08. The second-order valence-electron chi connectivity index (χ2n) is 4.31. The number of rotatable bonds is 1. The molecule has 0 bridgehead atoms. The van der Waals surface area contributed by atoms with Crippen LogP contribution in [-0.2, 0) is 0 Å². The maximum atomic E-state index is 11.4. The summed E-state index contributed by atoms with van der Waals surface area (Å²) >= 11 is 0. The summed E-state index contributed by atoms with van der Waals surface area (Å²) in [5.74, 6) is 0.878. The van der Waals surface area contributed by atoms with Gasteiger partial charge in [-0.3, -0.25) is 5.73 Å². The lowest BCUT2D eigenvalue weighted by molar-refractivity contribution is -0.599. The van der Waals surface area contributed by atoms with Gasteiger partial charge in [-0.1, -0.05) is 17.8 Å². The van der Waals surface area contributed by atoms with E-state index in [4.69, 9.17) is 5.73 Å². The smallest absolute Gasteiger partial charge is 0.392 e. The van der Waals surface area contributed by atoms with E-state index >= 15 is 0 Å². The summed E-state index contributed by atoms with van der Waals surface area (Å²) in [5.41, 5.74) is 6.18. The first kappa shape index (κ1) is 11.0. The molecular weight excluding hydrogens is 204 g/mol. The van der Waals surface area contributed by atoms with Gasteiger partial charge in [-0.15, -0.1) is 0 Å². The van der Waals surface area contributed by atoms with Crippen molar-refractivity contribution in [3.05, 3.63) is 17.0 Å². The van der Waals surface area contributed by atoms with Gasteiger partial charge in [0.15, 0.2) is 0 Å². The average molecular weight is 222 g/mol. The Labute approximate surface area is 95.5 Å². The van der Waals surface area contributed by atoms with Crippen LogP contribution in [-0.4, -0.2) is 18.1 Å². The number of nitrogen functional groups attached to an aromatic ring is 1. The van der Waals surface area contributed by atoms with Crippen molar-refractivity contribution in [3.8, 4) is 0 Å². The standard InChI is InChI=1S/C11H18N4O/c1-9-8-10(13-11(12)15(9)16)14-6-4-2-3-5-7-14/h8H,2-7H2,1H3,(H2,12,13). The molecule has 5 heteroatoms. The maximum absolute atomic E-state index is 11.4. The summed E-state index contributed by atoms with van der Waals surface area (Å²) < 4.78 is 0.668. The van der Waals surface area contributed by atoms with E-state index < -0.39 is 0 Å². The molecule has 2 heterocycles. The highest BCUT2D eigenvalue weighted by molar-refractivity contribution is 5.41. The van der Waals surface area contributed by atoms with Gasteiger partial charge >= 0.3 is 5.95 Å². The van der Waals surface area contributed by atoms with Gasteiger partial charge in [-0.05, 0) is 19.8 Å². The number of aryl methyl sites for hydroxylation is 1. The van der Waals surface area contributed by atoms with Crippen molar-refractivity contribution in [3.63, 3.8) is 0 Å². The molecule has 0 amide bonds. The third-order valence-corrected chi connectivity index (χ3v) is 3.03. The van der Waals surface area contributed by atoms with E-state index in [1.165, 1.54) is 25.7 Å². The fraction of sp³-hybridized carbons (Fsp3) is 0.636. The van der Waals surface area contributed by atoms with Crippen molar-refractivity contribution in [1.82, 2.24) is 4.98 Å². The van der Waals surface area contributed by atoms with Gasteiger partial charge < -0.3 is 10.1 Å². The quantitative estimate of drug-likeness (QED) is 0.568. The van der Waals surface area contributed by atoms with E-state index in [0.717, 1.165) is 18.9 Å². The van der Waals surface area contributed by atoms with Gasteiger partial charge in [0.05, 0.1) is 5.69 Å². The van der Waals surface area contributed by atoms with Gasteiger partial charge in [0, 0.05) is 19.2 Å². The summed E-state index contributed by atoms with van der Waals surface area (Å²) in [4.78, 5) is 6.37. The molecule has 1 fully saturated rings. The second kappa shape index (κ2) is 4.55. The van der Waals surface area contributed by atoms with Crippen molar-refractivity contribution in [2.75, 3.05) is 23.7 Å². The molecule has 1 aliphatic rings. The Bertz CT molecular complexity index is 349. The van der Waals surface area contributed by atoms with Gasteiger partial charge in [0.1, 0.15) is 0 Å². The number of nitrogens with two attached hydrogens (primary N) is 1. The van der Waals surface area contributed by atoms with Gasteiger partial charge in [0.2, 0.25) is 5.82 Å². The summed E-state index contributed by atoms with van der Waals surface area (Å²) in [6.07, 6.45) is 4.93. The van der Waals surface area contributed by atoms with Crippen LogP contribution < -0.4 is 15.4 Å². The topological polar surface area (TPSA) is 69.1 Å². The third kappa shape index (κ3) is 2.18. The molecule has 0 spiro atoms. The largest absolute Gasteiger partial charge is 0.740 e. The number of aromatic nitrogens is 2. The molecule has 0 atom stereocenters. The molecule has 1 aromatic heterocycles. The monoisotopic (exact) mass is 222 g/mol. The first-order valence-corrected chi connectivity index (χ1v) is 5.80. The minimum atomic E-state index is 0.0410. The van der Waals surface area contributed by atoms with Crippen LogP contribution in [0.5, 0.6) is 0 Å². The third-order valence-electron chi connectivity index (χ3n) is 3.03. The molecule has 5 nitrogen and oxygen atoms in total. The highest BCUT2D eigenvalue weighted by Gasteiger charge is 2.16. The normalized spacial score (nSPS) is 17.2. The second-order valence-corrected chi connectivity index (χ2v) is 4.31. The Morgan fingerprint density at radius 2 is 1.94 bits per heavy atom. The number of anilines is 2. The lowest BCUT2D eigenvalue weighted by Gasteiger charge is -2.20. The molecule has 1 aliphatic heterocycles. The van der Waals surface area contributed by atoms with Crippen LogP contribution in [0.4, 0.5) is 11.8 Å². The zero-order valence-corrected chi connectivity index (χ0v) is 9.65. The molecule has 0 saturated carbocycles. The lowest BCUT2D eigenvalue weighted by atomic mass is 10.2. The molecular formula is C11H18N4O. The van der Waals surface area contributed by atoms with Crippen molar-refractivity contribution < 1.29 is 4.73 Å². The van der Waals surface area contributed by atoms with Crippen LogP contribution >= 0.6 is 0 Å². The van der Waals surface area contributed by atoms with Crippen LogP contribution in [0.1, 0.15) is 31.4 Å². The number of hydrogen-bond donors (Lipinski definition) is 1. The predicted molar refractivity (Wildman–Crippen MR) is 63.0 cm³/mol. The average Bonchev–Trinajstić information content (AvgIpc) is 2.53. The highest BCUT2D eigenvalue weighted by Crippen LogP contribution is 2.17. The summed E-state index contributed by atoms with van der Waals surface area (Å²) in [5, 5.41) is 11.4. The minimum absolute atomic E-state index is 0.0410. The van der Waals surface area contributed by atoms with E-state index in [1.54, 1.807) is 6.92 Å². The summed E-state index contributed by atoms with van der Waals surface area (Å²) in [7, 11) is 0. The highest BCUT2D eigenvalue weighted by atomic mass is 16.5. The van der Waals surface area contributed by atoms with Crippen LogP contribution in [0.3, 0.4) is 0 Å². The van der Waals surface area contributed by atoms with E-state index in [0.29, 0.717) is 10.4 Å². The van der Waals surface area contributed by atoms with Crippen molar-refractivity contribution >= 4 is 11.8 Å². The molecule has 2 rings (SSSR count). The van der Waals surface area contributed by atoms with Crippen LogP contribution in [0, 0.1) is 12.1 Å². The molecule has 0 aliphatic carbocycles. The number of nitrogens with zero attached hydrogens (tertiary/aromatic N) is 3. The fourth-order valence-corrected chi connectivity index (χ4v) is 2.08. The predicted octanol–water partition coefficient (Wildman–Crippen LogP) is 0.986. The molecule has 0 radical (unpaired) electrons. The molecule has 2 N–H and O–H groups in total. The minimum Gasteiger partial charge on any atom is -0.740 e.